The van der Waals surface area contributed by atoms with Gasteiger partial charge in [0, 0.05) is 6.08 Å². The Bertz CT molecular complexity index is 143. The molecule has 1 N–H and O–H groups in total. The van der Waals surface area contributed by atoms with Crippen molar-refractivity contribution >= 4 is 5.97 Å². The topological polar surface area (TPSA) is 38.3 Å². The van der Waals surface area contributed by atoms with Gasteiger partial charge in [0.1, 0.15) is 0 Å². The van der Waals surface area contributed by atoms with E-state index in [1.807, 2.05) is 0 Å². The molecule has 76 valence electrons. The molecule has 0 aromatic rings. The summed E-state index contributed by atoms with van der Waals surface area (Å²) >= 11 is 0. The highest BCUT2D eigenvalue weighted by atomic mass is 16.5. The van der Waals surface area contributed by atoms with Gasteiger partial charge in [-0.2, -0.15) is 0 Å². The minimum absolute atomic E-state index is 0.269. The van der Waals surface area contributed by atoms with E-state index in [2.05, 4.69) is 10.1 Å². The summed E-state index contributed by atoms with van der Waals surface area (Å²) < 4.78 is 4.56. The maximum absolute atomic E-state index is 10.3. The third-order valence-corrected chi connectivity index (χ3v) is 1.55. The highest BCUT2D eigenvalue weighted by Gasteiger charge is 1.93. The molecule has 3 nitrogen and oxygen atoms in total. The van der Waals surface area contributed by atoms with E-state index >= 15 is 0 Å². The lowest BCUT2D eigenvalue weighted by molar-refractivity contribution is -0.137. The number of carbonyl (C=O) groups is 1. The number of rotatable bonds is 2. The summed E-state index contributed by atoms with van der Waals surface area (Å²) in [6, 6.07) is 0. The van der Waals surface area contributed by atoms with E-state index in [0.29, 0.717) is 6.61 Å². The summed E-state index contributed by atoms with van der Waals surface area (Å²) in [7, 11) is 0. The zero-order valence-electron chi connectivity index (χ0n) is 8.51. The number of hydrogen-bond acceptors (Lipinski definition) is 3. The summed E-state index contributed by atoms with van der Waals surface area (Å²) in [5.41, 5.74) is 0. The average Bonchev–Trinajstić information content (AvgIpc) is 2.61. The van der Waals surface area contributed by atoms with Crippen LogP contribution in [0.2, 0.25) is 0 Å². The molecule has 1 aliphatic rings. The van der Waals surface area contributed by atoms with Gasteiger partial charge in [-0.05, 0) is 39.8 Å². The van der Waals surface area contributed by atoms with Crippen LogP contribution in [0.15, 0.2) is 12.2 Å². The van der Waals surface area contributed by atoms with Crippen LogP contribution in [0.3, 0.4) is 0 Å². The van der Waals surface area contributed by atoms with Gasteiger partial charge in [-0.15, -0.1) is 0 Å². The fourth-order valence-corrected chi connectivity index (χ4v) is 0.951. The van der Waals surface area contributed by atoms with Crippen LogP contribution >= 0.6 is 0 Å². The molecule has 0 aliphatic carbocycles. The summed E-state index contributed by atoms with van der Waals surface area (Å²) in [6.07, 6.45) is 5.82. The van der Waals surface area contributed by atoms with Gasteiger partial charge in [-0.1, -0.05) is 6.08 Å². The van der Waals surface area contributed by atoms with Crippen molar-refractivity contribution in [1.82, 2.24) is 5.32 Å². The van der Waals surface area contributed by atoms with E-state index in [-0.39, 0.29) is 5.97 Å². The Balaban J connectivity index is 0.000000243. The zero-order valence-corrected chi connectivity index (χ0v) is 8.51. The lowest BCUT2D eigenvalue weighted by atomic mass is 10.4. The minimum Gasteiger partial charge on any atom is -0.463 e. The van der Waals surface area contributed by atoms with Crippen molar-refractivity contribution in [3.8, 4) is 0 Å². The second-order valence-electron chi connectivity index (χ2n) is 2.71. The average molecular weight is 185 g/mol. The van der Waals surface area contributed by atoms with Crippen LogP contribution in [-0.2, 0) is 9.53 Å². The molecule has 0 bridgehead atoms. The van der Waals surface area contributed by atoms with Crippen LogP contribution in [0.4, 0.5) is 0 Å². The Kier molecular flexibility index (Phi) is 8.67. The van der Waals surface area contributed by atoms with Crippen LogP contribution < -0.4 is 5.32 Å². The molecule has 3 heteroatoms. The molecule has 1 aliphatic heterocycles. The van der Waals surface area contributed by atoms with Crippen LogP contribution in [0.5, 0.6) is 0 Å². The molecule has 13 heavy (non-hydrogen) atoms. The van der Waals surface area contributed by atoms with Gasteiger partial charge >= 0.3 is 5.97 Å². The molecule has 0 radical (unpaired) electrons. The number of allylic oxidation sites excluding steroid dienone is 1. The lowest BCUT2D eigenvalue weighted by Crippen LogP contribution is -2.03. The molecule has 0 amide bonds. The number of ether oxygens (including phenoxy) is 1. The Morgan fingerprint density at radius 3 is 2.38 bits per heavy atom. The number of carbonyl (C=O) groups excluding carboxylic acids is 1. The predicted octanol–water partition coefficient (Wildman–Crippen LogP) is 1.50. The largest absolute Gasteiger partial charge is 0.463 e. The first-order valence-corrected chi connectivity index (χ1v) is 4.81. The summed E-state index contributed by atoms with van der Waals surface area (Å²) in [6.45, 7) is 6.50. The first kappa shape index (κ1) is 12.2. The van der Waals surface area contributed by atoms with Crippen LogP contribution in [0, 0.1) is 0 Å². The molecule has 1 rings (SSSR count). The SMILES string of the molecule is C/C=C/C(=O)OCC.C1CCNC1. The van der Waals surface area contributed by atoms with Gasteiger partial charge in [0.25, 0.3) is 0 Å². The lowest BCUT2D eigenvalue weighted by Gasteiger charge is -1.91. The second kappa shape index (κ2) is 9.26. The van der Waals surface area contributed by atoms with Gasteiger partial charge in [-0.3, -0.25) is 0 Å². The Labute approximate surface area is 80.2 Å². The summed E-state index contributed by atoms with van der Waals surface area (Å²) in [5.74, 6) is -0.269. The van der Waals surface area contributed by atoms with Crippen molar-refractivity contribution in [2.45, 2.75) is 26.7 Å². The zero-order chi connectivity index (χ0) is 9.94. The Hall–Kier alpha value is -0.830. The molecular weight excluding hydrogens is 166 g/mol. The second-order valence-corrected chi connectivity index (χ2v) is 2.71. The molecular formula is C10H19NO2. The van der Waals surface area contributed by atoms with Crippen LogP contribution in [0.1, 0.15) is 26.7 Å². The molecule has 1 heterocycles. The van der Waals surface area contributed by atoms with E-state index < -0.39 is 0 Å². The molecule has 0 aromatic carbocycles. The first-order chi connectivity index (χ1) is 6.31. The molecule has 0 saturated carbocycles. The Morgan fingerprint density at radius 2 is 2.08 bits per heavy atom. The maximum Gasteiger partial charge on any atom is 0.330 e. The van der Waals surface area contributed by atoms with E-state index in [9.17, 15) is 4.79 Å². The van der Waals surface area contributed by atoms with Gasteiger partial charge < -0.3 is 10.1 Å². The fraction of sp³-hybridized carbons (Fsp3) is 0.700. The molecule has 1 saturated heterocycles. The Morgan fingerprint density at radius 1 is 1.46 bits per heavy atom. The molecule has 0 unspecified atom stereocenters. The third-order valence-electron chi connectivity index (χ3n) is 1.55. The third kappa shape index (κ3) is 9.08. The minimum atomic E-state index is -0.269. The number of hydrogen-bond donors (Lipinski definition) is 1. The van der Waals surface area contributed by atoms with Gasteiger partial charge in [0.05, 0.1) is 6.61 Å². The van der Waals surface area contributed by atoms with Gasteiger partial charge in [0.15, 0.2) is 0 Å². The van der Waals surface area contributed by atoms with Crippen molar-refractivity contribution in [2.24, 2.45) is 0 Å². The van der Waals surface area contributed by atoms with E-state index in [0.717, 1.165) is 0 Å². The summed E-state index contributed by atoms with van der Waals surface area (Å²) in [4.78, 5) is 10.3. The van der Waals surface area contributed by atoms with Gasteiger partial charge in [-0.25, -0.2) is 4.79 Å². The van der Waals surface area contributed by atoms with Crippen molar-refractivity contribution in [2.75, 3.05) is 19.7 Å². The highest BCUT2D eigenvalue weighted by Crippen LogP contribution is 1.90. The predicted molar refractivity (Wildman–Crippen MR) is 53.6 cm³/mol. The van der Waals surface area contributed by atoms with Crippen LogP contribution in [-0.4, -0.2) is 25.7 Å². The smallest absolute Gasteiger partial charge is 0.330 e. The van der Waals surface area contributed by atoms with Crippen LogP contribution in [0.25, 0.3) is 0 Å². The van der Waals surface area contributed by atoms with Crippen molar-refractivity contribution in [3.05, 3.63) is 12.2 Å². The van der Waals surface area contributed by atoms with E-state index in [1.165, 1.54) is 32.0 Å². The molecule has 1 fully saturated rings. The molecule has 0 spiro atoms. The van der Waals surface area contributed by atoms with Crippen molar-refractivity contribution in [1.29, 1.82) is 0 Å². The van der Waals surface area contributed by atoms with Crippen molar-refractivity contribution < 1.29 is 9.53 Å². The van der Waals surface area contributed by atoms with E-state index in [1.54, 1.807) is 19.9 Å². The van der Waals surface area contributed by atoms with Gasteiger partial charge in [0.2, 0.25) is 0 Å². The van der Waals surface area contributed by atoms with Crippen molar-refractivity contribution in [3.63, 3.8) is 0 Å². The fourth-order valence-electron chi connectivity index (χ4n) is 0.951. The molecule has 0 aromatic heterocycles. The monoisotopic (exact) mass is 185 g/mol. The number of esters is 1. The summed E-state index contributed by atoms with van der Waals surface area (Å²) in [5, 5.41) is 3.22. The van der Waals surface area contributed by atoms with E-state index in [4.69, 9.17) is 0 Å². The standard InChI is InChI=1S/C6H10O2.C4H9N/c1-3-5-6(7)8-4-2;1-2-4-5-3-1/h3,5H,4H2,1-2H3;5H,1-4H2/b5-3+;. The first-order valence-electron chi connectivity index (χ1n) is 4.81. The highest BCUT2D eigenvalue weighted by molar-refractivity contribution is 5.81. The quantitative estimate of drug-likeness (QED) is 0.523. The normalized spacial score (nSPS) is 15.2. The number of nitrogens with one attached hydrogen (secondary N) is 1. The molecule has 0 atom stereocenters. The maximum atomic E-state index is 10.3.